The van der Waals surface area contributed by atoms with E-state index in [-0.39, 0.29) is 5.91 Å². The maximum atomic E-state index is 11.4. The molecule has 2 N–H and O–H groups in total. The van der Waals surface area contributed by atoms with Gasteiger partial charge in [0.25, 0.3) is 0 Å². The number of nitrogens with zero attached hydrogens (tertiary/aromatic N) is 1. The Hall–Kier alpha value is -1.59. The summed E-state index contributed by atoms with van der Waals surface area (Å²) < 4.78 is 5.75. The van der Waals surface area contributed by atoms with Gasteiger partial charge in [0.2, 0.25) is 5.91 Å². The second kappa shape index (κ2) is 8.64. The fourth-order valence-corrected chi connectivity index (χ4v) is 2.48. The lowest BCUT2D eigenvalue weighted by Crippen LogP contribution is -2.33. The van der Waals surface area contributed by atoms with Crippen LogP contribution in [0.5, 0.6) is 5.75 Å². The van der Waals surface area contributed by atoms with Crippen molar-refractivity contribution < 1.29 is 9.53 Å². The van der Waals surface area contributed by atoms with Crippen LogP contribution in [-0.2, 0) is 4.79 Å². The highest BCUT2D eigenvalue weighted by atomic mass is 16.5. The van der Waals surface area contributed by atoms with Crippen LogP contribution < -0.4 is 15.4 Å². The second-order valence-electron chi connectivity index (χ2n) is 5.35. The number of nitrogens with one attached hydrogen (secondary N) is 2. The van der Waals surface area contributed by atoms with Crippen molar-refractivity contribution in [2.75, 3.05) is 45.2 Å². The molecule has 0 unspecified atom stereocenters. The van der Waals surface area contributed by atoms with Crippen LogP contribution in [0.15, 0.2) is 24.3 Å². The van der Waals surface area contributed by atoms with Gasteiger partial charge in [0.05, 0.1) is 6.54 Å². The molecule has 1 saturated heterocycles. The Morgan fingerprint density at radius 2 is 1.90 bits per heavy atom. The molecule has 1 aliphatic rings. The number of rotatable bonds is 7. The highest BCUT2D eigenvalue weighted by molar-refractivity contribution is 5.92. The number of likely N-dealkylation sites (N-methyl/N-ethyl adjacent to an activating group) is 1. The van der Waals surface area contributed by atoms with E-state index in [9.17, 15) is 4.79 Å². The molecule has 0 radical (unpaired) electrons. The smallest absolute Gasteiger partial charge is 0.238 e. The maximum absolute atomic E-state index is 11.4. The Morgan fingerprint density at radius 3 is 2.57 bits per heavy atom. The molecule has 1 amide bonds. The molecular formula is C16H25N3O2. The average molecular weight is 291 g/mol. The van der Waals surface area contributed by atoms with Gasteiger partial charge in [0.15, 0.2) is 0 Å². The maximum Gasteiger partial charge on any atom is 0.238 e. The van der Waals surface area contributed by atoms with Crippen molar-refractivity contribution >= 4 is 11.6 Å². The van der Waals surface area contributed by atoms with Crippen LogP contribution in [0, 0.1) is 0 Å². The zero-order valence-corrected chi connectivity index (χ0v) is 12.7. The molecule has 0 atom stereocenters. The molecule has 1 fully saturated rings. The zero-order valence-electron chi connectivity index (χ0n) is 12.7. The fraction of sp³-hybridized carbons (Fsp3) is 0.562. The Bertz CT molecular complexity index is 428. The summed E-state index contributed by atoms with van der Waals surface area (Å²) in [6, 6.07) is 7.52. The summed E-state index contributed by atoms with van der Waals surface area (Å²) in [6.45, 7) is 4.40. The molecule has 5 nitrogen and oxygen atoms in total. The van der Waals surface area contributed by atoms with Crippen LogP contribution in [-0.4, -0.2) is 50.6 Å². The third kappa shape index (κ3) is 5.73. The van der Waals surface area contributed by atoms with Crippen molar-refractivity contribution in [3.05, 3.63) is 24.3 Å². The molecule has 0 bridgehead atoms. The third-order valence-corrected chi connectivity index (χ3v) is 3.60. The number of benzene rings is 1. The number of hydrogen-bond acceptors (Lipinski definition) is 4. The predicted molar refractivity (Wildman–Crippen MR) is 84.8 cm³/mol. The predicted octanol–water partition coefficient (Wildman–Crippen LogP) is 1.71. The Labute approximate surface area is 126 Å². The first-order valence-corrected chi connectivity index (χ1v) is 7.67. The number of piperidine rings is 1. The van der Waals surface area contributed by atoms with E-state index in [1.807, 2.05) is 24.3 Å². The Kier molecular flexibility index (Phi) is 6.50. The molecule has 1 heterocycles. The molecule has 116 valence electrons. The van der Waals surface area contributed by atoms with E-state index in [2.05, 4.69) is 15.5 Å². The summed E-state index contributed by atoms with van der Waals surface area (Å²) in [6.07, 6.45) is 3.97. The number of carbonyl (C=O) groups is 1. The van der Waals surface area contributed by atoms with Gasteiger partial charge in [0.1, 0.15) is 12.4 Å². The minimum Gasteiger partial charge on any atom is -0.492 e. The minimum atomic E-state index is -0.0451. The molecule has 5 heteroatoms. The van der Waals surface area contributed by atoms with Crippen molar-refractivity contribution in [3.63, 3.8) is 0 Å². The first kappa shape index (κ1) is 15.8. The number of anilines is 1. The largest absolute Gasteiger partial charge is 0.492 e. The molecule has 1 aromatic rings. The molecule has 0 spiro atoms. The van der Waals surface area contributed by atoms with Crippen LogP contribution in [0.4, 0.5) is 5.69 Å². The minimum absolute atomic E-state index is 0.0451. The van der Waals surface area contributed by atoms with Crippen molar-refractivity contribution in [3.8, 4) is 5.75 Å². The lowest BCUT2D eigenvalue weighted by atomic mass is 10.1. The molecule has 0 aliphatic carbocycles. The van der Waals surface area contributed by atoms with Crippen molar-refractivity contribution in [1.29, 1.82) is 0 Å². The van der Waals surface area contributed by atoms with Gasteiger partial charge < -0.3 is 15.4 Å². The lowest BCUT2D eigenvalue weighted by molar-refractivity contribution is -0.115. The monoisotopic (exact) mass is 291 g/mol. The number of hydrogen-bond donors (Lipinski definition) is 2. The van der Waals surface area contributed by atoms with Crippen LogP contribution in [0.2, 0.25) is 0 Å². The summed E-state index contributed by atoms with van der Waals surface area (Å²) in [5.41, 5.74) is 0.790. The van der Waals surface area contributed by atoms with Gasteiger partial charge in [-0.05, 0) is 57.2 Å². The number of likely N-dealkylation sites (tertiary alicyclic amines) is 1. The molecule has 21 heavy (non-hydrogen) atoms. The Balaban J connectivity index is 1.70. The number of ether oxygens (including phenoxy) is 1. The van der Waals surface area contributed by atoms with E-state index >= 15 is 0 Å². The average Bonchev–Trinajstić information content (AvgIpc) is 2.50. The Morgan fingerprint density at radius 1 is 1.19 bits per heavy atom. The topological polar surface area (TPSA) is 53.6 Å². The lowest BCUT2D eigenvalue weighted by Gasteiger charge is -2.26. The molecule has 1 aliphatic heterocycles. The first-order chi connectivity index (χ1) is 10.3. The summed E-state index contributed by atoms with van der Waals surface area (Å²) in [4.78, 5) is 13.9. The SMILES string of the molecule is CNCC(=O)Nc1ccc(OCCN2CCCCC2)cc1. The third-order valence-electron chi connectivity index (χ3n) is 3.60. The fourth-order valence-electron chi connectivity index (χ4n) is 2.48. The molecule has 0 saturated carbocycles. The zero-order chi connectivity index (χ0) is 14.9. The van der Waals surface area contributed by atoms with E-state index in [0.717, 1.165) is 18.0 Å². The summed E-state index contributed by atoms with van der Waals surface area (Å²) in [5, 5.41) is 5.63. The number of amides is 1. The summed E-state index contributed by atoms with van der Waals surface area (Å²) in [7, 11) is 1.75. The standard InChI is InChI=1S/C16H25N3O2/c1-17-13-16(20)18-14-5-7-15(8-6-14)21-12-11-19-9-3-2-4-10-19/h5-8,17H,2-4,9-13H2,1H3,(H,18,20). The number of carbonyl (C=O) groups excluding carboxylic acids is 1. The summed E-state index contributed by atoms with van der Waals surface area (Å²) in [5.74, 6) is 0.801. The molecule has 2 rings (SSSR count). The molecule has 1 aromatic carbocycles. The van der Waals surface area contributed by atoms with Gasteiger partial charge in [-0.15, -0.1) is 0 Å². The van der Waals surface area contributed by atoms with Crippen molar-refractivity contribution in [1.82, 2.24) is 10.2 Å². The summed E-state index contributed by atoms with van der Waals surface area (Å²) >= 11 is 0. The van der Waals surface area contributed by atoms with E-state index < -0.39 is 0 Å². The van der Waals surface area contributed by atoms with Crippen LogP contribution in [0.25, 0.3) is 0 Å². The van der Waals surface area contributed by atoms with Gasteiger partial charge in [-0.3, -0.25) is 9.69 Å². The van der Waals surface area contributed by atoms with E-state index in [0.29, 0.717) is 13.2 Å². The van der Waals surface area contributed by atoms with Crippen LogP contribution >= 0.6 is 0 Å². The van der Waals surface area contributed by atoms with Gasteiger partial charge in [-0.25, -0.2) is 0 Å². The van der Waals surface area contributed by atoms with Crippen molar-refractivity contribution in [2.45, 2.75) is 19.3 Å². The first-order valence-electron chi connectivity index (χ1n) is 7.67. The molecule has 0 aromatic heterocycles. The van der Waals surface area contributed by atoms with Gasteiger partial charge in [0, 0.05) is 12.2 Å². The van der Waals surface area contributed by atoms with E-state index in [4.69, 9.17) is 4.74 Å². The molecular weight excluding hydrogens is 266 g/mol. The van der Waals surface area contributed by atoms with Crippen molar-refractivity contribution in [2.24, 2.45) is 0 Å². The van der Waals surface area contributed by atoms with Crippen LogP contribution in [0.3, 0.4) is 0 Å². The van der Waals surface area contributed by atoms with E-state index in [1.54, 1.807) is 7.05 Å². The second-order valence-corrected chi connectivity index (χ2v) is 5.35. The van der Waals surface area contributed by atoms with Gasteiger partial charge in [-0.1, -0.05) is 6.42 Å². The highest BCUT2D eigenvalue weighted by Gasteiger charge is 2.09. The van der Waals surface area contributed by atoms with E-state index in [1.165, 1.54) is 32.4 Å². The van der Waals surface area contributed by atoms with Gasteiger partial charge in [-0.2, -0.15) is 0 Å². The normalized spacial score (nSPS) is 15.7. The highest BCUT2D eigenvalue weighted by Crippen LogP contribution is 2.16. The quantitative estimate of drug-likeness (QED) is 0.803. The van der Waals surface area contributed by atoms with Crippen LogP contribution in [0.1, 0.15) is 19.3 Å². The van der Waals surface area contributed by atoms with Gasteiger partial charge >= 0.3 is 0 Å².